The van der Waals surface area contributed by atoms with Crippen LogP contribution in [0.4, 0.5) is 0 Å². The molecular weight excluding hydrogens is 196 g/mol. The van der Waals surface area contributed by atoms with Crippen LogP contribution in [0, 0.1) is 17.8 Å². The molecule has 0 aromatic carbocycles. The zero-order valence-electron chi connectivity index (χ0n) is 10.8. The summed E-state index contributed by atoms with van der Waals surface area (Å²) in [7, 11) is 0. The van der Waals surface area contributed by atoms with Crippen molar-refractivity contribution in [3.8, 4) is 0 Å². The van der Waals surface area contributed by atoms with Crippen LogP contribution >= 0.6 is 0 Å². The number of rotatable bonds is 4. The van der Waals surface area contributed by atoms with Gasteiger partial charge in [-0.1, -0.05) is 13.8 Å². The fourth-order valence-corrected chi connectivity index (χ4v) is 3.29. The quantitative estimate of drug-likeness (QED) is 0.783. The number of hydrogen-bond acceptors (Lipinski definition) is 2. The number of nitrogens with zero attached hydrogens (tertiary/aromatic N) is 1. The van der Waals surface area contributed by atoms with Gasteiger partial charge in [-0.3, -0.25) is 4.90 Å². The first-order chi connectivity index (χ1) is 7.74. The summed E-state index contributed by atoms with van der Waals surface area (Å²) in [6, 6.07) is 1.67. The first-order valence-electron chi connectivity index (χ1n) is 7.21. The Bertz CT molecular complexity index is 243. The highest BCUT2D eigenvalue weighted by Gasteiger charge is 2.42. The van der Waals surface area contributed by atoms with E-state index in [0.717, 1.165) is 29.8 Å². The van der Waals surface area contributed by atoms with Gasteiger partial charge in [0, 0.05) is 31.7 Å². The van der Waals surface area contributed by atoms with Gasteiger partial charge in [-0.15, -0.1) is 0 Å². The molecule has 2 unspecified atom stereocenters. The first kappa shape index (κ1) is 11.0. The van der Waals surface area contributed by atoms with Crippen molar-refractivity contribution in [2.75, 3.05) is 19.6 Å². The van der Waals surface area contributed by atoms with E-state index in [1.54, 1.807) is 0 Å². The molecule has 2 saturated carbocycles. The summed E-state index contributed by atoms with van der Waals surface area (Å²) < 4.78 is 0. The number of hydrogen-bond donors (Lipinski definition) is 1. The van der Waals surface area contributed by atoms with Gasteiger partial charge in [0.2, 0.25) is 0 Å². The Hall–Kier alpha value is -0.0800. The second-order valence-electron chi connectivity index (χ2n) is 6.60. The SMILES string of the molecule is CC(C)CN1CC(C2CC2)NCC1C1CC1. The van der Waals surface area contributed by atoms with Crippen molar-refractivity contribution in [1.29, 1.82) is 0 Å². The third-order valence-electron chi connectivity index (χ3n) is 4.45. The van der Waals surface area contributed by atoms with Crippen LogP contribution in [0.25, 0.3) is 0 Å². The molecule has 1 heterocycles. The molecule has 1 aliphatic heterocycles. The van der Waals surface area contributed by atoms with Gasteiger partial charge in [-0.2, -0.15) is 0 Å². The lowest BCUT2D eigenvalue weighted by molar-refractivity contribution is 0.0953. The molecule has 2 aliphatic carbocycles. The van der Waals surface area contributed by atoms with Gasteiger partial charge in [0.15, 0.2) is 0 Å². The summed E-state index contributed by atoms with van der Waals surface area (Å²) in [4.78, 5) is 2.81. The number of nitrogens with one attached hydrogen (secondary N) is 1. The second kappa shape index (κ2) is 4.30. The minimum Gasteiger partial charge on any atom is -0.311 e. The molecule has 0 spiro atoms. The fraction of sp³-hybridized carbons (Fsp3) is 1.00. The molecule has 1 N–H and O–H groups in total. The van der Waals surface area contributed by atoms with Crippen LogP contribution in [0.2, 0.25) is 0 Å². The topological polar surface area (TPSA) is 15.3 Å². The van der Waals surface area contributed by atoms with Crippen LogP contribution in [-0.4, -0.2) is 36.6 Å². The Labute approximate surface area is 99.8 Å². The lowest BCUT2D eigenvalue weighted by Crippen LogP contribution is -2.58. The molecular formula is C14H26N2. The molecule has 2 nitrogen and oxygen atoms in total. The van der Waals surface area contributed by atoms with E-state index in [2.05, 4.69) is 24.1 Å². The van der Waals surface area contributed by atoms with E-state index in [-0.39, 0.29) is 0 Å². The molecule has 0 aromatic rings. The Kier molecular flexibility index (Phi) is 2.97. The second-order valence-corrected chi connectivity index (χ2v) is 6.60. The van der Waals surface area contributed by atoms with Gasteiger partial charge < -0.3 is 5.32 Å². The highest BCUT2D eigenvalue weighted by Crippen LogP contribution is 2.39. The van der Waals surface area contributed by atoms with Gasteiger partial charge in [0.1, 0.15) is 0 Å². The summed E-state index contributed by atoms with van der Waals surface area (Å²) in [5, 5.41) is 3.81. The summed E-state index contributed by atoms with van der Waals surface area (Å²) in [6.07, 6.45) is 5.91. The third-order valence-corrected chi connectivity index (χ3v) is 4.45. The van der Waals surface area contributed by atoms with E-state index in [9.17, 15) is 0 Å². The van der Waals surface area contributed by atoms with E-state index in [1.807, 2.05) is 0 Å². The molecule has 0 aromatic heterocycles. The maximum absolute atomic E-state index is 3.81. The predicted molar refractivity (Wildman–Crippen MR) is 67.4 cm³/mol. The van der Waals surface area contributed by atoms with Crippen molar-refractivity contribution in [1.82, 2.24) is 10.2 Å². The average molecular weight is 222 g/mol. The first-order valence-corrected chi connectivity index (χ1v) is 7.21. The summed E-state index contributed by atoms with van der Waals surface area (Å²) in [5.41, 5.74) is 0. The van der Waals surface area contributed by atoms with E-state index < -0.39 is 0 Å². The molecule has 92 valence electrons. The zero-order chi connectivity index (χ0) is 11.1. The summed E-state index contributed by atoms with van der Waals surface area (Å²) in [5.74, 6) is 2.85. The monoisotopic (exact) mass is 222 g/mol. The normalized spacial score (nSPS) is 36.9. The van der Waals surface area contributed by atoms with Crippen LogP contribution < -0.4 is 5.32 Å². The van der Waals surface area contributed by atoms with Gasteiger partial charge >= 0.3 is 0 Å². The maximum atomic E-state index is 3.81. The Morgan fingerprint density at radius 2 is 1.81 bits per heavy atom. The standard InChI is InChI=1S/C14H26N2/c1-10(2)8-16-9-13(11-3-4-11)15-7-14(16)12-5-6-12/h10-15H,3-9H2,1-2H3. The van der Waals surface area contributed by atoms with Gasteiger partial charge in [-0.25, -0.2) is 0 Å². The largest absolute Gasteiger partial charge is 0.311 e. The highest BCUT2D eigenvalue weighted by atomic mass is 15.2. The van der Waals surface area contributed by atoms with Gasteiger partial charge in [0.05, 0.1) is 0 Å². The Morgan fingerprint density at radius 3 is 2.38 bits per heavy atom. The summed E-state index contributed by atoms with van der Waals surface area (Å²) >= 11 is 0. The van der Waals surface area contributed by atoms with Gasteiger partial charge in [-0.05, 0) is 43.4 Å². The molecule has 0 bridgehead atoms. The van der Waals surface area contributed by atoms with Crippen molar-refractivity contribution in [2.45, 2.75) is 51.6 Å². The lowest BCUT2D eigenvalue weighted by Gasteiger charge is -2.42. The molecule has 2 atom stereocenters. The van der Waals surface area contributed by atoms with E-state index in [1.165, 1.54) is 45.3 Å². The van der Waals surface area contributed by atoms with E-state index in [0.29, 0.717) is 0 Å². The van der Waals surface area contributed by atoms with Crippen LogP contribution in [0.1, 0.15) is 39.5 Å². The summed E-state index contributed by atoms with van der Waals surface area (Å²) in [6.45, 7) is 8.62. The minimum absolute atomic E-state index is 0.814. The average Bonchev–Trinajstić information content (AvgIpc) is 3.11. The van der Waals surface area contributed by atoms with E-state index in [4.69, 9.17) is 0 Å². The van der Waals surface area contributed by atoms with Crippen molar-refractivity contribution in [3.63, 3.8) is 0 Å². The maximum Gasteiger partial charge on any atom is 0.0249 e. The lowest BCUT2D eigenvalue weighted by atomic mass is 10.0. The van der Waals surface area contributed by atoms with Crippen molar-refractivity contribution >= 4 is 0 Å². The van der Waals surface area contributed by atoms with Crippen LogP contribution in [-0.2, 0) is 0 Å². The van der Waals surface area contributed by atoms with Crippen LogP contribution in [0.3, 0.4) is 0 Å². The van der Waals surface area contributed by atoms with E-state index >= 15 is 0 Å². The molecule has 3 rings (SSSR count). The van der Waals surface area contributed by atoms with Crippen LogP contribution in [0.15, 0.2) is 0 Å². The molecule has 3 aliphatic rings. The van der Waals surface area contributed by atoms with Crippen molar-refractivity contribution in [2.24, 2.45) is 17.8 Å². The van der Waals surface area contributed by atoms with Gasteiger partial charge in [0.25, 0.3) is 0 Å². The Balaban J connectivity index is 1.61. The smallest absolute Gasteiger partial charge is 0.0249 e. The Morgan fingerprint density at radius 1 is 1.12 bits per heavy atom. The van der Waals surface area contributed by atoms with Crippen molar-refractivity contribution < 1.29 is 0 Å². The molecule has 2 heteroatoms. The fourth-order valence-electron chi connectivity index (χ4n) is 3.29. The molecule has 0 radical (unpaired) electrons. The highest BCUT2D eigenvalue weighted by molar-refractivity contribution is 4.99. The van der Waals surface area contributed by atoms with Crippen molar-refractivity contribution in [3.05, 3.63) is 0 Å². The minimum atomic E-state index is 0.814. The zero-order valence-corrected chi connectivity index (χ0v) is 10.8. The number of piperazine rings is 1. The third kappa shape index (κ3) is 2.43. The van der Waals surface area contributed by atoms with Crippen LogP contribution in [0.5, 0.6) is 0 Å². The predicted octanol–water partition coefficient (Wildman–Crippen LogP) is 2.10. The molecule has 1 saturated heterocycles. The molecule has 3 fully saturated rings. The molecule has 0 amide bonds. The molecule has 16 heavy (non-hydrogen) atoms.